The van der Waals surface area contributed by atoms with Crippen molar-refractivity contribution in [1.82, 2.24) is 24.8 Å². The minimum Gasteiger partial charge on any atom is -0.384 e. The van der Waals surface area contributed by atoms with Gasteiger partial charge in [-0.25, -0.2) is 15.0 Å². The number of nitrogens with one attached hydrogen (secondary N) is 1. The highest BCUT2D eigenvalue weighted by atomic mass is 16.5. The normalized spacial score (nSPS) is 17.0. The lowest BCUT2D eigenvalue weighted by molar-refractivity contribution is -0.133. The maximum Gasteiger partial charge on any atom is 0.228 e. The molecule has 8 heteroatoms. The molecule has 1 atom stereocenters. The number of ether oxygens (including phenoxy) is 1. The fourth-order valence-electron chi connectivity index (χ4n) is 2.79. The number of rotatable bonds is 6. The molecule has 1 saturated heterocycles. The van der Waals surface area contributed by atoms with Gasteiger partial charge >= 0.3 is 0 Å². The average molecular weight is 328 g/mol. The van der Waals surface area contributed by atoms with E-state index in [1.165, 1.54) is 0 Å². The Balaban J connectivity index is 1.74. The van der Waals surface area contributed by atoms with Gasteiger partial charge in [-0.05, 0) is 18.9 Å². The summed E-state index contributed by atoms with van der Waals surface area (Å²) in [6.45, 7) is 1.18. The van der Waals surface area contributed by atoms with Crippen molar-refractivity contribution in [3.63, 3.8) is 0 Å². The number of aromatic nitrogens is 4. The van der Waals surface area contributed by atoms with Crippen LogP contribution in [-0.4, -0.2) is 51.0 Å². The molecule has 1 aliphatic rings. The number of anilines is 2. The van der Waals surface area contributed by atoms with Crippen molar-refractivity contribution in [2.24, 2.45) is 0 Å². The summed E-state index contributed by atoms with van der Waals surface area (Å²) >= 11 is 0. The summed E-state index contributed by atoms with van der Waals surface area (Å²) in [6.07, 6.45) is 8.87. The number of likely N-dealkylation sites (tertiary alicyclic amines) is 1. The topological polar surface area (TPSA) is 93.1 Å². The van der Waals surface area contributed by atoms with Crippen molar-refractivity contribution in [3.8, 4) is 0 Å². The van der Waals surface area contributed by atoms with Gasteiger partial charge in [-0.15, -0.1) is 0 Å². The SMILES string of the molecule is COCCC(=O)N1CCC[C@@H]1c1cncc(Nc2ncccn2)n1. The van der Waals surface area contributed by atoms with Gasteiger partial charge in [0.15, 0.2) is 5.82 Å². The first-order valence-electron chi connectivity index (χ1n) is 7.92. The van der Waals surface area contributed by atoms with E-state index in [0.29, 0.717) is 24.8 Å². The highest BCUT2D eigenvalue weighted by molar-refractivity contribution is 5.77. The molecule has 0 aromatic carbocycles. The van der Waals surface area contributed by atoms with E-state index in [4.69, 9.17) is 4.74 Å². The lowest BCUT2D eigenvalue weighted by Gasteiger charge is -2.24. The summed E-state index contributed by atoms with van der Waals surface area (Å²) in [5.74, 6) is 1.11. The Hall–Kier alpha value is -2.61. The molecule has 0 spiro atoms. The lowest BCUT2D eigenvalue weighted by Crippen LogP contribution is -2.31. The van der Waals surface area contributed by atoms with Gasteiger partial charge in [-0.2, -0.15) is 0 Å². The van der Waals surface area contributed by atoms with Crippen LogP contribution in [0.3, 0.4) is 0 Å². The standard InChI is InChI=1S/C16H20N6O2/c1-24-9-5-15(23)22-8-2-4-13(22)12-10-17-11-14(20-12)21-16-18-6-3-7-19-16/h3,6-7,10-11,13H,2,4-5,8-9H2,1H3,(H,18,19,20,21)/t13-/m1/s1. The summed E-state index contributed by atoms with van der Waals surface area (Å²) in [4.78, 5) is 31.2. The van der Waals surface area contributed by atoms with Gasteiger partial charge in [-0.1, -0.05) is 0 Å². The van der Waals surface area contributed by atoms with Crippen molar-refractivity contribution in [3.05, 3.63) is 36.5 Å². The minimum atomic E-state index is -0.0414. The largest absolute Gasteiger partial charge is 0.384 e. The van der Waals surface area contributed by atoms with Crippen molar-refractivity contribution in [2.45, 2.75) is 25.3 Å². The molecule has 1 N–H and O–H groups in total. The van der Waals surface area contributed by atoms with Crippen LogP contribution in [0.4, 0.5) is 11.8 Å². The van der Waals surface area contributed by atoms with Gasteiger partial charge in [-0.3, -0.25) is 9.78 Å². The van der Waals surface area contributed by atoms with Crippen LogP contribution in [0, 0.1) is 0 Å². The number of hydrogen-bond donors (Lipinski definition) is 1. The van der Waals surface area contributed by atoms with Crippen LogP contribution in [-0.2, 0) is 9.53 Å². The molecular weight excluding hydrogens is 308 g/mol. The first-order chi connectivity index (χ1) is 11.8. The zero-order valence-electron chi connectivity index (χ0n) is 13.6. The van der Waals surface area contributed by atoms with E-state index in [2.05, 4.69) is 25.3 Å². The van der Waals surface area contributed by atoms with Gasteiger partial charge in [0.1, 0.15) is 0 Å². The smallest absolute Gasteiger partial charge is 0.228 e. The van der Waals surface area contributed by atoms with Crippen LogP contribution < -0.4 is 5.32 Å². The van der Waals surface area contributed by atoms with E-state index in [9.17, 15) is 4.79 Å². The van der Waals surface area contributed by atoms with Crippen LogP contribution in [0.5, 0.6) is 0 Å². The predicted octanol–water partition coefficient (Wildman–Crippen LogP) is 1.71. The van der Waals surface area contributed by atoms with Crippen molar-refractivity contribution in [1.29, 1.82) is 0 Å². The number of nitrogens with zero attached hydrogens (tertiary/aromatic N) is 5. The molecule has 0 saturated carbocycles. The molecule has 1 fully saturated rings. The van der Waals surface area contributed by atoms with Crippen LogP contribution in [0.25, 0.3) is 0 Å². The Kier molecular flexibility index (Phi) is 5.27. The molecule has 1 amide bonds. The fourth-order valence-corrected chi connectivity index (χ4v) is 2.79. The van der Waals surface area contributed by atoms with Crippen LogP contribution in [0.1, 0.15) is 31.0 Å². The third-order valence-corrected chi connectivity index (χ3v) is 3.89. The van der Waals surface area contributed by atoms with Gasteiger partial charge in [0.2, 0.25) is 11.9 Å². The third kappa shape index (κ3) is 3.83. The molecule has 2 aromatic rings. The Labute approximate surface area is 140 Å². The van der Waals surface area contributed by atoms with Gasteiger partial charge in [0, 0.05) is 26.0 Å². The fraction of sp³-hybridized carbons (Fsp3) is 0.438. The zero-order valence-corrected chi connectivity index (χ0v) is 13.6. The summed E-state index contributed by atoms with van der Waals surface area (Å²) < 4.78 is 5.00. The first kappa shape index (κ1) is 16.3. The Morgan fingerprint density at radius 2 is 2.21 bits per heavy atom. The Morgan fingerprint density at radius 3 is 3.00 bits per heavy atom. The van der Waals surface area contributed by atoms with Crippen molar-refractivity contribution < 1.29 is 9.53 Å². The number of carbonyl (C=O) groups excluding carboxylic acids is 1. The van der Waals surface area contributed by atoms with Gasteiger partial charge < -0.3 is 15.0 Å². The third-order valence-electron chi connectivity index (χ3n) is 3.89. The van der Waals surface area contributed by atoms with Crippen LogP contribution in [0.15, 0.2) is 30.9 Å². The number of carbonyl (C=O) groups is 1. The number of amides is 1. The second kappa shape index (κ2) is 7.78. The van der Waals surface area contributed by atoms with Gasteiger partial charge in [0.05, 0.1) is 37.2 Å². The summed E-state index contributed by atoms with van der Waals surface area (Å²) in [6, 6.07) is 1.70. The second-order valence-electron chi connectivity index (χ2n) is 5.51. The highest BCUT2D eigenvalue weighted by Crippen LogP contribution is 2.31. The Morgan fingerprint density at radius 1 is 1.38 bits per heavy atom. The summed E-state index contributed by atoms with van der Waals surface area (Å²) in [7, 11) is 1.60. The molecule has 1 aliphatic heterocycles. The molecule has 0 aliphatic carbocycles. The molecule has 24 heavy (non-hydrogen) atoms. The molecule has 0 radical (unpaired) electrons. The molecule has 0 bridgehead atoms. The van der Waals surface area contributed by atoms with Crippen LogP contribution in [0.2, 0.25) is 0 Å². The zero-order chi connectivity index (χ0) is 16.8. The van der Waals surface area contributed by atoms with Gasteiger partial charge in [0.25, 0.3) is 0 Å². The van der Waals surface area contributed by atoms with Crippen LogP contribution >= 0.6 is 0 Å². The maximum atomic E-state index is 12.3. The summed E-state index contributed by atoms with van der Waals surface area (Å²) in [5.41, 5.74) is 0.777. The molecule has 2 aromatic heterocycles. The average Bonchev–Trinajstić information content (AvgIpc) is 3.11. The molecule has 126 valence electrons. The van der Waals surface area contributed by atoms with E-state index in [1.54, 1.807) is 38.0 Å². The Bertz CT molecular complexity index is 681. The molecule has 3 rings (SSSR count). The van der Waals surface area contributed by atoms with E-state index < -0.39 is 0 Å². The molecule has 0 unspecified atom stereocenters. The minimum absolute atomic E-state index is 0.0414. The molecule has 3 heterocycles. The van der Waals surface area contributed by atoms with E-state index in [1.807, 2.05) is 4.90 Å². The summed E-state index contributed by atoms with van der Waals surface area (Å²) in [5, 5.41) is 3.03. The van der Waals surface area contributed by atoms with Crippen molar-refractivity contribution >= 4 is 17.7 Å². The number of methoxy groups -OCH3 is 1. The molecular formula is C16H20N6O2. The second-order valence-corrected chi connectivity index (χ2v) is 5.51. The van der Waals surface area contributed by atoms with Crippen molar-refractivity contribution in [2.75, 3.05) is 25.6 Å². The quantitative estimate of drug-likeness (QED) is 0.862. The monoisotopic (exact) mass is 328 g/mol. The van der Waals surface area contributed by atoms with E-state index >= 15 is 0 Å². The van der Waals surface area contributed by atoms with E-state index in [0.717, 1.165) is 25.1 Å². The maximum absolute atomic E-state index is 12.3. The number of hydrogen-bond acceptors (Lipinski definition) is 7. The highest BCUT2D eigenvalue weighted by Gasteiger charge is 2.30. The predicted molar refractivity (Wildman–Crippen MR) is 87.5 cm³/mol. The lowest BCUT2D eigenvalue weighted by atomic mass is 10.1. The first-order valence-corrected chi connectivity index (χ1v) is 7.92. The molecule has 8 nitrogen and oxygen atoms in total. The van der Waals surface area contributed by atoms with E-state index in [-0.39, 0.29) is 11.9 Å².